The third-order valence-electron chi connectivity index (χ3n) is 3.61. The standard InChI is InChI=1S/C19H13F2NO3/c1-11-8-12(19(23)24)2-5-15(11)18-7-4-14(25-18)10-22-17-6-3-13(20)9-16(17)21/h2-10H,1H3,(H,23,24). The van der Waals surface area contributed by atoms with Crippen LogP contribution >= 0.6 is 0 Å². The molecule has 0 radical (unpaired) electrons. The van der Waals surface area contributed by atoms with Gasteiger partial charge in [0.25, 0.3) is 0 Å². The summed E-state index contributed by atoms with van der Waals surface area (Å²) in [5.41, 5.74) is 1.70. The first-order valence-corrected chi connectivity index (χ1v) is 7.37. The molecule has 0 amide bonds. The maximum absolute atomic E-state index is 13.5. The van der Waals surface area contributed by atoms with Crippen molar-refractivity contribution in [1.29, 1.82) is 0 Å². The first kappa shape index (κ1) is 16.6. The van der Waals surface area contributed by atoms with Crippen LogP contribution in [-0.4, -0.2) is 17.3 Å². The Labute approximate surface area is 142 Å². The summed E-state index contributed by atoms with van der Waals surface area (Å²) in [6.45, 7) is 1.78. The number of carboxylic acid groups (broad SMARTS) is 1. The number of benzene rings is 2. The highest BCUT2D eigenvalue weighted by atomic mass is 19.1. The monoisotopic (exact) mass is 341 g/mol. The summed E-state index contributed by atoms with van der Waals surface area (Å²) in [7, 11) is 0. The van der Waals surface area contributed by atoms with E-state index in [4.69, 9.17) is 9.52 Å². The Balaban J connectivity index is 1.85. The van der Waals surface area contributed by atoms with Crippen LogP contribution in [0.3, 0.4) is 0 Å². The Morgan fingerprint density at radius 3 is 2.60 bits per heavy atom. The third kappa shape index (κ3) is 3.63. The molecule has 0 saturated heterocycles. The Hall–Kier alpha value is -3.28. The molecule has 0 saturated carbocycles. The molecular weight excluding hydrogens is 328 g/mol. The zero-order valence-electron chi connectivity index (χ0n) is 13.2. The van der Waals surface area contributed by atoms with Gasteiger partial charge in [-0.05, 0) is 48.9 Å². The highest BCUT2D eigenvalue weighted by Gasteiger charge is 2.10. The SMILES string of the molecule is Cc1cc(C(=O)O)ccc1-c1ccc(C=Nc2ccc(F)cc2F)o1. The predicted molar refractivity (Wildman–Crippen MR) is 89.5 cm³/mol. The van der Waals surface area contributed by atoms with E-state index in [1.807, 2.05) is 0 Å². The second-order valence-corrected chi connectivity index (χ2v) is 5.39. The van der Waals surface area contributed by atoms with E-state index in [1.54, 1.807) is 31.2 Å². The van der Waals surface area contributed by atoms with E-state index >= 15 is 0 Å². The third-order valence-corrected chi connectivity index (χ3v) is 3.61. The van der Waals surface area contributed by atoms with Gasteiger partial charge in [0.2, 0.25) is 0 Å². The van der Waals surface area contributed by atoms with Crippen molar-refractivity contribution in [3.8, 4) is 11.3 Å². The van der Waals surface area contributed by atoms with E-state index in [9.17, 15) is 13.6 Å². The highest BCUT2D eigenvalue weighted by molar-refractivity contribution is 5.89. The average Bonchev–Trinajstić information content (AvgIpc) is 3.02. The lowest BCUT2D eigenvalue weighted by Crippen LogP contribution is -1.96. The molecule has 4 nitrogen and oxygen atoms in total. The second kappa shape index (κ2) is 6.68. The highest BCUT2D eigenvalue weighted by Crippen LogP contribution is 2.26. The minimum Gasteiger partial charge on any atom is -0.478 e. The van der Waals surface area contributed by atoms with Crippen molar-refractivity contribution in [2.45, 2.75) is 6.92 Å². The normalized spacial score (nSPS) is 11.2. The molecule has 0 fully saturated rings. The lowest BCUT2D eigenvalue weighted by molar-refractivity contribution is 0.0697. The molecule has 1 heterocycles. The fourth-order valence-corrected chi connectivity index (χ4v) is 2.36. The van der Waals surface area contributed by atoms with Crippen molar-refractivity contribution in [1.82, 2.24) is 0 Å². The van der Waals surface area contributed by atoms with Gasteiger partial charge in [-0.1, -0.05) is 6.07 Å². The molecule has 2 aromatic carbocycles. The minimum atomic E-state index is -0.997. The van der Waals surface area contributed by atoms with Crippen LogP contribution < -0.4 is 0 Å². The lowest BCUT2D eigenvalue weighted by atomic mass is 10.0. The van der Waals surface area contributed by atoms with Crippen molar-refractivity contribution in [2.24, 2.45) is 4.99 Å². The van der Waals surface area contributed by atoms with Crippen molar-refractivity contribution in [3.63, 3.8) is 0 Å². The van der Waals surface area contributed by atoms with E-state index in [2.05, 4.69) is 4.99 Å². The lowest BCUT2D eigenvalue weighted by Gasteiger charge is -2.03. The van der Waals surface area contributed by atoms with Crippen LogP contribution in [0.4, 0.5) is 14.5 Å². The number of hydrogen-bond acceptors (Lipinski definition) is 3. The van der Waals surface area contributed by atoms with Gasteiger partial charge in [0, 0.05) is 11.6 Å². The Bertz CT molecular complexity index is 977. The largest absolute Gasteiger partial charge is 0.478 e. The number of nitrogens with zero attached hydrogens (tertiary/aromatic N) is 1. The quantitative estimate of drug-likeness (QED) is 0.681. The van der Waals surface area contributed by atoms with Gasteiger partial charge in [-0.3, -0.25) is 0 Å². The van der Waals surface area contributed by atoms with Crippen molar-refractivity contribution in [3.05, 3.63) is 77.1 Å². The number of furan rings is 1. The van der Waals surface area contributed by atoms with Crippen molar-refractivity contribution >= 4 is 17.9 Å². The molecule has 0 spiro atoms. The van der Waals surface area contributed by atoms with E-state index in [-0.39, 0.29) is 11.3 Å². The first-order chi connectivity index (χ1) is 11.9. The minimum absolute atomic E-state index is 0.00124. The molecule has 1 N–H and O–H groups in total. The van der Waals surface area contributed by atoms with Crippen LogP contribution in [0.1, 0.15) is 21.7 Å². The molecule has 0 unspecified atom stereocenters. The number of carboxylic acids is 1. The van der Waals surface area contributed by atoms with Gasteiger partial charge in [0.1, 0.15) is 17.3 Å². The Morgan fingerprint density at radius 2 is 1.92 bits per heavy atom. The summed E-state index contributed by atoms with van der Waals surface area (Å²) >= 11 is 0. The predicted octanol–water partition coefficient (Wildman–Crippen LogP) is 4.98. The summed E-state index contributed by atoms with van der Waals surface area (Å²) in [5, 5.41) is 9.00. The van der Waals surface area contributed by atoms with Gasteiger partial charge in [0.15, 0.2) is 5.82 Å². The van der Waals surface area contributed by atoms with Crippen LogP contribution in [0.5, 0.6) is 0 Å². The molecule has 126 valence electrons. The number of halogens is 2. The van der Waals surface area contributed by atoms with E-state index in [0.717, 1.165) is 23.3 Å². The zero-order chi connectivity index (χ0) is 18.0. The Kier molecular flexibility index (Phi) is 4.43. The van der Waals surface area contributed by atoms with Gasteiger partial charge in [-0.15, -0.1) is 0 Å². The molecule has 25 heavy (non-hydrogen) atoms. The van der Waals surface area contributed by atoms with E-state index < -0.39 is 17.6 Å². The smallest absolute Gasteiger partial charge is 0.335 e. The van der Waals surface area contributed by atoms with Crippen LogP contribution in [0, 0.1) is 18.6 Å². The maximum atomic E-state index is 13.5. The van der Waals surface area contributed by atoms with E-state index in [1.165, 1.54) is 18.3 Å². The first-order valence-electron chi connectivity index (χ1n) is 7.37. The molecule has 0 bridgehead atoms. The van der Waals surface area contributed by atoms with Crippen molar-refractivity contribution < 1.29 is 23.1 Å². The number of aromatic carboxylic acids is 1. The molecule has 0 aliphatic rings. The molecule has 0 aliphatic heterocycles. The fourth-order valence-electron chi connectivity index (χ4n) is 2.36. The molecular formula is C19H13F2NO3. The fraction of sp³-hybridized carbons (Fsp3) is 0.0526. The molecule has 0 aliphatic carbocycles. The summed E-state index contributed by atoms with van der Waals surface area (Å²) in [5.74, 6) is -1.50. The summed E-state index contributed by atoms with van der Waals surface area (Å²) in [4.78, 5) is 14.9. The average molecular weight is 341 g/mol. The van der Waals surface area contributed by atoms with Crippen LogP contribution in [0.2, 0.25) is 0 Å². The van der Waals surface area contributed by atoms with Crippen LogP contribution in [0.15, 0.2) is 57.9 Å². The number of aliphatic imine (C=N–C) groups is 1. The molecule has 1 aromatic heterocycles. The Morgan fingerprint density at radius 1 is 1.12 bits per heavy atom. The molecule has 3 aromatic rings. The molecule has 0 atom stereocenters. The summed E-state index contributed by atoms with van der Waals surface area (Å²) < 4.78 is 32.1. The number of aryl methyl sites for hydroxylation is 1. The second-order valence-electron chi connectivity index (χ2n) is 5.39. The zero-order valence-corrected chi connectivity index (χ0v) is 13.2. The van der Waals surface area contributed by atoms with Gasteiger partial charge in [0.05, 0.1) is 17.5 Å². The van der Waals surface area contributed by atoms with Gasteiger partial charge in [-0.2, -0.15) is 0 Å². The van der Waals surface area contributed by atoms with Crippen molar-refractivity contribution in [2.75, 3.05) is 0 Å². The number of carbonyl (C=O) groups is 1. The topological polar surface area (TPSA) is 62.8 Å². The van der Waals surface area contributed by atoms with Crippen LogP contribution in [0.25, 0.3) is 11.3 Å². The maximum Gasteiger partial charge on any atom is 0.335 e. The number of rotatable bonds is 4. The molecule has 6 heteroatoms. The molecule has 3 rings (SSSR count). The summed E-state index contributed by atoms with van der Waals surface area (Å²) in [6.07, 6.45) is 1.33. The van der Waals surface area contributed by atoms with E-state index in [0.29, 0.717) is 11.5 Å². The van der Waals surface area contributed by atoms with Gasteiger partial charge < -0.3 is 9.52 Å². The number of hydrogen-bond donors (Lipinski definition) is 1. The van der Waals surface area contributed by atoms with Gasteiger partial charge >= 0.3 is 5.97 Å². The van der Waals surface area contributed by atoms with Crippen LogP contribution in [-0.2, 0) is 0 Å². The van der Waals surface area contributed by atoms with Gasteiger partial charge in [-0.25, -0.2) is 18.6 Å². The summed E-state index contributed by atoms with van der Waals surface area (Å²) in [6, 6.07) is 11.2.